The molecule has 0 bridgehead atoms. The van der Waals surface area contributed by atoms with E-state index in [4.69, 9.17) is 16.3 Å². The lowest BCUT2D eigenvalue weighted by Gasteiger charge is -2.11. The first-order valence-electron chi connectivity index (χ1n) is 8.57. The van der Waals surface area contributed by atoms with Crippen molar-refractivity contribution in [2.45, 2.75) is 20.0 Å². The van der Waals surface area contributed by atoms with Gasteiger partial charge in [0.15, 0.2) is 0 Å². The second-order valence-electron chi connectivity index (χ2n) is 6.18. The van der Waals surface area contributed by atoms with Crippen molar-refractivity contribution in [3.05, 3.63) is 77.4 Å². The number of hydrogen-bond acceptors (Lipinski definition) is 4. The molecule has 0 saturated heterocycles. The first-order chi connectivity index (χ1) is 13.0. The number of nitrogens with zero attached hydrogens (tertiary/aromatic N) is 1. The van der Waals surface area contributed by atoms with Crippen LogP contribution >= 0.6 is 11.6 Å². The number of para-hydroxylation sites is 1. The highest BCUT2D eigenvalue weighted by Gasteiger charge is 2.08. The summed E-state index contributed by atoms with van der Waals surface area (Å²) in [5.41, 5.74) is 1.91. The smallest absolute Gasteiger partial charge is 0.257 e. The minimum Gasteiger partial charge on any atom is -0.491 e. The molecule has 0 aliphatic rings. The van der Waals surface area contributed by atoms with Crippen LogP contribution in [0.15, 0.2) is 66.9 Å². The molecule has 0 saturated carbocycles. The maximum absolute atomic E-state index is 12.4. The number of benzene rings is 2. The summed E-state index contributed by atoms with van der Waals surface area (Å²) in [6.07, 6.45) is 1.62. The van der Waals surface area contributed by atoms with Crippen LogP contribution in [-0.2, 0) is 0 Å². The Kier molecular flexibility index (Phi) is 5.94. The number of halogens is 1. The zero-order chi connectivity index (χ0) is 19.2. The van der Waals surface area contributed by atoms with Crippen LogP contribution in [0.5, 0.6) is 5.75 Å². The molecule has 1 amide bonds. The summed E-state index contributed by atoms with van der Waals surface area (Å²) < 4.78 is 5.59. The zero-order valence-corrected chi connectivity index (χ0v) is 15.8. The van der Waals surface area contributed by atoms with Gasteiger partial charge in [0.1, 0.15) is 11.6 Å². The summed E-state index contributed by atoms with van der Waals surface area (Å²) in [6, 6.07) is 18.1. The molecule has 0 radical (unpaired) electrons. The minimum absolute atomic E-state index is 0.106. The maximum Gasteiger partial charge on any atom is 0.257 e. The van der Waals surface area contributed by atoms with Crippen molar-refractivity contribution in [1.29, 1.82) is 0 Å². The number of rotatable bonds is 6. The summed E-state index contributed by atoms with van der Waals surface area (Å²) in [6.45, 7) is 3.93. The SMILES string of the molecule is CC(C)Oc1ccc(NC(=O)c2ccc(Nc3ccccc3Cl)nc2)cc1. The van der Waals surface area contributed by atoms with Crippen LogP contribution in [0.2, 0.25) is 5.02 Å². The highest BCUT2D eigenvalue weighted by molar-refractivity contribution is 6.33. The molecule has 27 heavy (non-hydrogen) atoms. The van der Waals surface area contributed by atoms with Gasteiger partial charge in [0.05, 0.1) is 22.4 Å². The van der Waals surface area contributed by atoms with Crippen LogP contribution in [-0.4, -0.2) is 17.0 Å². The lowest BCUT2D eigenvalue weighted by molar-refractivity contribution is 0.102. The van der Waals surface area contributed by atoms with E-state index in [1.165, 1.54) is 6.20 Å². The number of hydrogen-bond donors (Lipinski definition) is 2. The third kappa shape index (κ3) is 5.21. The van der Waals surface area contributed by atoms with Crippen molar-refractivity contribution in [3.63, 3.8) is 0 Å². The van der Waals surface area contributed by atoms with Gasteiger partial charge in [0, 0.05) is 11.9 Å². The van der Waals surface area contributed by atoms with Gasteiger partial charge in [-0.2, -0.15) is 0 Å². The van der Waals surface area contributed by atoms with Crippen molar-refractivity contribution in [3.8, 4) is 5.75 Å². The summed E-state index contributed by atoms with van der Waals surface area (Å²) in [7, 11) is 0. The molecule has 0 unspecified atom stereocenters. The molecular weight excluding hydrogens is 362 g/mol. The molecule has 3 rings (SSSR count). The number of ether oxygens (including phenoxy) is 1. The van der Waals surface area contributed by atoms with Gasteiger partial charge in [-0.15, -0.1) is 0 Å². The van der Waals surface area contributed by atoms with Crippen LogP contribution in [0.4, 0.5) is 17.2 Å². The van der Waals surface area contributed by atoms with Crippen molar-refractivity contribution >= 4 is 34.7 Å². The topological polar surface area (TPSA) is 63.2 Å². The second-order valence-corrected chi connectivity index (χ2v) is 6.59. The van der Waals surface area contributed by atoms with Gasteiger partial charge >= 0.3 is 0 Å². The van der Waals surface area contributed by atoms with Gasteiger partial charge in [-0.1, -0.05) is 23.7 Å². The Morgan fingerprint density at radius 1 is 1.04 bits per heavy atom. The van der Waals surface area contributed by atoms with Crippen molar-refractivity contribution < 1.29 is 9.53 Å². The van der Waals surface area contributed by atoms with Gasteiger partial charge in [-0.25, -0.2) is 4.98 Å². The number of carbonyl (C=O) groups excluding carboxylic acids is 1. The lowest BCUT2D eigenvalue weighted by atomic mass is 10.2. The van der Waals surface area contributed by atoms with Gasteiger partial charge < -0.3 is 15.4 Å². The molecule has 0 spiro atoms. The molecule has 0 atom stereocenters. The molecule has 0 fully saturated rings. The van der Waals surface area contributed by atoms with E-state index in [2.05, 4.69) is 15.6 Å². The normalized spacial score (nSPS) is 10.5. The van der Waals surface area contributed by atoms with Crippen LogP contribution in [0.1, 0.15) is 24.2 Å². The van der Waals surface area contributed by atoms with E-state index in [1.807, 2.05) is 44.2 Å². The molecule has 0 aliphatic carbocycles. The van der Waals surface area contributed by atoms with E-state index < -0.39 is 0 Å². The Balaban J connectivity index is 1.63. The first kappa shape index (κ1) is 18.7. The predicted molar refractivity (Wildman–Crippen MR) is 109 cm³/mol. The predicted octanol–water partition coefficient (Wildman–Crippen LogP) is 5.52. The molecule has 0 aliphatic heterocycles. The average molecular weight is 382 g/mol. The Morgan fingerprint density at radius 2 is 1.78 bits per heavy atom. The molecule has 3 aromatic rings. The maximum atomic E-state index is 12.4. The standard InChI is InChI=1S/C21H20ClN3O2/c1-14(2)27-17-10-8-16(9-11-17)24-21(26)15-7-12-20(23-13-15)25-19-6-4-3-5-18(19)22/h3-14H,1-2H3,(H,23,25)(H,24,26). The minimum atomic E-state index is -0.232. The summed E-state index contributed by atoms with van der Waals surface area (Å²) in [5.74, 6) is 1.14. The second kappa shape index (κ2) is 8.56. The van der Waals surface area contributed by atoms with Crippen molar-refractivity contribution in [2.75, 3.05) is 10.6 Å². The van der Waals surface area contributed by atoms with Crippen LogP contribution in [0, 0.1) is 0 Å². The molecular formula is C21H20ClN3O2. The quantitative estimate of drug-likeness (QED) is 0.590. The fourth-order valence-electron chi connectivity index (χ4n) is 2.39. The number of pyridine rings is 1. The highest BCUT2D eigenvalue weighted by Crippen LogP contribution is 2.24. The molecule has 138 valence electrons. The first-order valence-corrected chi connectivity index (χ1v) is 8.95. The largest absolute Gasteiger partial charge is 0.491 e. The van der Waals surface area contributed by atoms with E-state index >= 15 is 0 Å². The summed E-state index contributed by atoms with van der Waals surface area (Å²) >= 11 is 6.12. The fourth-order valence-corrected chi connectivity index (χ4v) is 2.58. The number of anilines is 3. The third-order valence-electron chi connectivity index (χ3n) is 3.65. The molecule has 6 heteroatoms. The monoisotopic (exact) mass is 381 g/mol. The molecule has 2 aromatic carbocycles. The third-order valence-corrected chi connectivity index (χ3v) is 3.98. The number of nitrogens with one attached hydrogen (secondary N) is 2. The Bertz CT molecular complexity index is 909. The van der Waals surface area contributed by atoms with Gasteiger partial charge in [-0.05, 0) is 62.4 Å². The number of carbonyl (C=O) groups is 1. The Hall–Kier alpha value is -3.05. The van der Waals surface area contributed by atoms with Crippen molar-refractivity contribution in [1.82, 2.24) is 4.98 Å². The van der Waals surface area contributed by atoms with E-state index in [9.17, 15) is 4.79 Å². The zero-order valence-electron chi connectivity index (χ0n) is 15.1. The lowest BCUT2D eigenvalue weighted by Crippen LogP contribution is -2.12. The van der Waals surface area contributed by atoms with E-state index in [-0.39, 0.29) is 12.0 Å². The van der Waals surface area contributed by atoms with Gasteiger partial charge in [0.2, 0.25) is 0 Å². The Labute approximate surface area is 163 Å². The number of aromatic nitrogens is 1. The summed E-state index contributed by atoms with van der Waals surface area (Å²) in [5, 5.41) is 6.56. The van der Waals surface area contributed by atoms with Crippen molar-refractivity contribution in [2.24, 2.45) is 0 Å². The molecule has 5 nitrogen and oxygen atoms in total. The number of amides is 1. The molecule has 1 heterocycles. The van der Waals surface area contributed by atoms with E-state index in [0.29, 0.717) is 22.1 Å². The van der Waals surface area contributed by atoms with Crippen LogP contribution < -0.4 is 15.4 Å². The van der Waals surface area contributed by atoms with Gasteiger partial charge in [-0.3, -0.25) is 4.79 Å². The summed E-state index contributed by atoms with van der Waals surface area (Å²) in [4.78, 5) is 16.7. The molecule has 1 aromatic heterocycles. The Morgan fingerprint density at radius 3 is 2.41 bits per heavy atom. The van der Waals surface area contributed by atoms with E-state index in [1.54, 1.807) is 30.3 Å². The van der Waals surface area contributed by atoms with Crippen LogP contribution in [0.3, 0.4) is 0 Å². The highest BCUT2D eigenvalue weighted by atomic mass is 35.5. The fraction of sp³-hybridized carbons (Fsp3) is 0.143. The van der Waals surface area contributed by atoms with Crippen LogP contribution in [0.25, 0.3) is 0 Å². The molecule has 2 N–H and O–H groups in total. The van der Waals surface area contributed by atoms with E-state index in [0.717, 1.165) is 11.4 Å². The average Bonchev–Trinajstić information content (AvgIpc) is 2.65. The van der Waals surface area contributed by atoms with Gasteiger partial charge in [0.25, 0.3) is 5.91 Å².